The summed E-state index contributed by atoms with van der Waals surface area (Å²) in [4.78, 5) is 0. The summed E-state index contributed by atoms with van der Waals surface area (Å²) < 4.78 is 5.44. The Hall–Kier alpha value is -1.76. The van der Waals surface area contributed by atoms with E-state index in [9.17, 15) is 0 Å². The number of para-hydroxylation sites is 1. The maximum absolute atomic E-state index is 5.44. The molecule has 20 heavy (non-hydrogen) atoms. The van der Waals surface area contributed by atoms with E-state index in [1.807, 2.05) is 6.07 Å². The number of hydrogen-bond donors (Lipinski definition) is 0. The molecule has 0 spiro atoms. The minimum absolute atomic E-state index is 0.815. The van der Waals surface area contributed by atoms with E-state index in [0.717, 1.165) is 18.1 Å². The molecule has 1 heteroatoms. The molecule has 1 nitrogen and oxygen atoms in total. The quantitative estimate of drug-likeness (QED) is 0.795. The first-order valence-corrected chi connectivity index (χ1v) is 7.55. The molecule has 2 aromatic rings. The van der Waals surface area contributed by atoms with Crippen molar-refractivity contribution in [1.82, 2.24) is 0 Å². The molecule has 0 aliphatic heterocycles. The molecule has 0 fully saturated rings. The second kappa shape index (κ2) is 6.13. The van der Waals surface area contributed by atoms with Gasteiger partial charge < -0.3 is 4.74 Å². The van der Waals surface area contributed by atoms with E-state index in [1.165, 1.54) is 31.2 Å². The first kappa shape index (κ1) is 13.2. The molecule has 1 unspecified atom stereocenters. The Morgan fingerprint density at radius 2 is 1.75 bits per heavy atom. The van der Waals surface area contributed by atoms with E-state index in [-0.39, 0.29) is 0 Å². The number of aryl methyl sites for hydroxylation is 2. The molecular formula is C19H22O. The molecule has 0 aromatic heterocycles. The Labute approximate surface area is 121 Å². The van der Waals surface area contributed by atoms with E-state index >= 15 is 0 Å². The number of rotatable bonds is 4. The Morgan fingerprint density at radius 3 is 2.60 bits per heavy atom. The highest BCUT2D eigenvalue weighted by molar-refractivity contribution is 5.33. The van der Waals surface area contributed by atoms with E-state index in [2.05, 4.69) is 42.5 Å². The van der Waals surface area contributed by atoms with Gasteiger partial charge in [-0.1, -0.05) is 42.5 Å². The van der Waals surface area contributed by atoms with E-state index in [0.29, 0.717) is 0 Å². The van der Waals surface area contributed by atoms with Gasteiger partial charge >= 0.3 is 0 Å². The van der Waals surface area contributed by atoms with Crippen LogP contribution in [0.15, 0.2) is 48.5 Å². The van der Waals surface area contributed by atoms with Crippen LogP contribution >= 0.6 is 0 Å². The summed E-state index contributed by atoms with van der Waals surface area (Å²) >= 11 is 0. The lowest BCUT2D eigenvalue weighted by Gasteiger charge is -2.24. The molecule has 2 aromatic carbocycles. The third kappa shape index (κ3) is 2.87. The summed E-state index contributed by atoms with van der Waals surface area (Å²) in [6.07, 6.45) is 6.19. The van der Waals surface area contributed by atoms with Crippen molar-refractivity contribution in [3.8, 4) is 5.75 Å². The smallest absolute Gasteiger partial charge is 0.122 e. The highest BCUT2D eigenvalue weighted by atomic mass is 16.5. The van der Waals surface area contributed by atoms with Crippen molar-refractivity contribution in [3.63, 3.8) is 0 Å². The van der Waals surface area contributed by atoms with Crippen LogP contribution in [0.2, 0.25) is 0 Å². The Morgan fingerprint density at radius 1 is 1.00 bits per heavy atom. The molecule has 0 saturated carbocycles. The third-order valence-electron chi connectivity index (χ3n) is 4.46. The summed E-state index contributed by atoms with van der Waals surface area (Å²) in [5, 5.41) is 0. The lowest BCUT2D eigenvalue weighted by Crippen LogP contribution is -2.15. The van der Waals surface area contributed by atoms with Gasteiger partial charge in [0.2, 0.25) is 0 Å². The maximum Gasteiger partial charge on any atom is 0.122 e. The Bertz CT molecular complexity index is 573. The predicted octanol–water partition coefficient (Wildman–Crippen LogP) is 4.43. The van der Waals surface area contributed by atoms with Crippen molar-refractivity contribution >= 4 is 0 Å². The zero-order valence-electron chi connectivity index (χ0n) is 12.1. The van der Waals surface area contributed by atoms with Crippen molar-refractivity contribution in [1.29, 1.82) is 0 Å². The minimum Gasteiger partial charge on any atom is -0.496 e. The standard InChI is InChI=1S/C19H22O/c1-20-19-9-5-4-7-17(19)13-11-15-10-12-16-6-2-3-8-18(16)14-15/h2-9,15H,10-14H2,1H3. The fraction of sp³-hybridized carbons (Fsp3) is 0.368. The average Bonchev–Trinajstić information content (AvgIpc) is 2.53. The highest BCUT2D eigenvalue weighted by Gasteiger charge is 2.18. The summed E-state index contributed by atoms with van der Waals surface area (Å²) in [6.45, 7) is 0. The van der Waals surface area contributed by atoms with Gasteiger partial charge in [-0.3, -0.25) is 0 Å². The van der Waals surface area contributed by atoms with Gasteiger partial charge in [0.05, 0.1) is 7.11 Å². The summed E-state index contributed by atoms with van der Waals surface area (Å²) in [6, 6.07) is 17.3. The molecular weight excluding hydrogens is 244 g/mol. The normalized spacial score (nSPS) is 17.6. The molecule has 0 radical (unpaired) electrons. The van der Waals surface area contributed by atoms with Gasteiger partial charge in [-0.2, -0.15) is 0 Å². The maximum atomic E-state index is 5.44. The Kier molecular flexibility index (Phi) is 4.05. The molecule has 0 heterocycles. The van der Waals surface area contributed by atoms with Crippen LogP contribution in [0.4, 0.5) is 0 Å². The number of benzene rings is 2. The number of methoxy groups -OCH3 is 1. The van der Waals surface area contributed by atoms with E-state index < -0.39 is 0 Å². The van der Waals surface area contributed by atoms with Crippen LogP contribution in [0, 0.1) is 5.92 Å². The average molecular weight is 266 g/mol. The van der Waals surface area contributed by atoms with Gasteiger partial charge in [-0.15, -0.1) is 0 Å². The van der Waals surface area contributed by atoms with Crippen LogP contribution in [0.1, 0.15) is 29.5 Å². The van der Waals surface area contributed by atoms with Crippen molar-refractivity contribution in [3.05, 3.63) is 65.2 Å². The van der Waals surface area contributed by atoms with Crippen LogP contribution in [-0.4, -0.2) is 7.11 Å². The summed E-state index contributed by atoms with van der Waals surface area (Å²) in [5.41, 5.74) is 4.46. The Balaban J connectivity index is 1.63. The van der Waals surface area contributed by atoms with Crippen molar-refractivity contribution in [2.24, 2.45) is 5.92 Å². The van der Waals surface area contributed by atoms with Gasteiger partial charge in [0.1, 0.15) is 5.75 Å². The SMILES string of the molecule is COc1ccccc1CCC1CCc2ccccc2C1. The molecule has 0 saturated heterocycles. The van der Waals surface area contributed by atoms with Gasteiger partial charge in [0.15, 0.2) is 0 Å². The topological polar surface area (TPSA) is 9.23 Å². The van der Waals surface area contributed by atoms with E-state index in [4.69, 9.17) is 4.74 Å². The number of hydrogen-bond acceptors (Lipinski definition) is 1. The van der Waals surface area contributed by atoms with Crippen molar-refractivity contribution in [2.75, 3.05) is 7.11 Å². The molecule has 1 atom stereocenters. The van der Waals surface area contributed by atoms with Crippen LogP contribution in [0.5, 0.6) is 5.75 Å². The van der Waals surface area contributed by atoms with Crippen LogP contribution in [0.3, 0.4) is 0 Å². The predicted molar refractivity (Wildman–Crippen MR) is 83.3 cm³/mol. The monoisotopic (exact) mass is 266 g/mol. The number of fused-ring (bicyclic) bond motifs is 1. The van der Waals surface area contributed by atoms with E-state index in [1.54, 1.807) is 18.2 Å². The highest BCUT2D eigenvalue weighted by Crippen LogP contribution is 2.29. The molecule has 0 N–H and O–H groups in total. The van der Waals surface area contributed by atoms with Crippen molar-refractivity contribution in [2.45, 2.75) is 32.1 Å². The van der Waals surface area contributed by atoms with Gasteiger partial charge in [-0.05, 0) is 60.8 Å². The van der Waals surface area contributed by atoms with Crippen LogP contribution in [-0.2, 0) is 19.3 Å². The van der Waals surface area contributed by atoms with Gasteiger partial charge in [0.25, 0.3) is 0 Å². The van der Waals surface area contributed by atoms with Gasteiger partial charge in [0, 0.05) is 0 Å². The second-order valence-corrected chi connectivity index (χ2v) is 5.73. The zero-order valence-corrected chi connectivity index (χ0v) is 12.1. The minimum atomic E-state index is 0.815. The lowest BCUT2D eigenvalue weighted by molar-refractivity contribution is 0.398. The van der Waals surface area contributed by atoms with Crippen molar-refractivity contribution < 1.29 is 4.74 Å². The van der Waals surface area contributed by atoms with Gasteiger partial charge in [-0.25, -0.2) is 0 Å². The summed E-state index contributed by atoms with van der Waals surface area (Å²) in [7, 11) is 1.76. The zero-order chi connectivity index (χ0) is 13.8. The molecule has 0 amide bonds. The molecule has 1 aliphatic rings. The second-order valence-electron chi connectivity index (χ2n) is 5.73. The fourth-order valence-electron chi connectivity index (χ4n) is 3.29. The molecule has 1 aliphatic carbocycles. The largest absolute Gasteiger partial charge is 0.496 e. The lowest BCUT2D eigenvalue weighted by atomic mass is 9.81. The first-order chi connectivity index (χ1) is 9.86. The molecule has 104 valence electrons. The molecule has 3 rings (SSSR count). The van der Waals surface area contributed by atoms with Crippen LogP contribution < -0.4 is 4.74 Å². The third-order valence-corrected chi connectivity index (χ3v) is 4.46. The summed E-state index contributed by atoms with van der Waals surface area (Å²) in [5.74, 6) is 1.85. The molecule has 0 bridgehead atoms. The fourth-order valence-corrected chi connectivity index (χ4v) is 3.29. The number of ether oxygens (including phenoxy) is 1. The van der Waals surface area contributed by atoms with Crippen LogP contribution in [0.25, 0.3) is 0 Å². The first-order valence-electron chi connectivity index (χ1n) is 7.55.